The summed E-state index contributed by atoms with van der Waals surface area (Å²) in [5.74, 6) is -0.275. The molecule has 0 saturated carbocycles. The molecule has 4 heteroatoms. The van der Waals surface area contributed by atoms with E-state index in [0.717, 1.165) is 5.56 Å². The fourth-order valence-corrected chi connectivity index (χ4v) is 1.37. The van der Waals surface area contributed by atoms with Gasteiger partial charge in [-0.05, 0) is 46.8 Å². The molecule has 4 N–H and O–H groups in total. The quantitative estimate of drug-likeness (QED) is 0.717. The van der Waals surface area contributed by atoms with E-state index in [1.165, 1.54) is 0 Å². The van der Waals surface area contributed by atoms with Crippen molar-refractivity contribution in [2.75, 3.05) is 5.73 Å². The molecule has 0 heterocycles. The van der Waals surface area contributed by atoms with Crippen molar-refractivity contribution in [2.24, 2.45) is 0 Å². The number of aryl methyl sites for hydroxylation is 1. The van der Waals surface area contributed by atoms with Crippen LogP contribution in [0.4, 0.5) is 5.69 Å². The lowest BCUT2D eigenvalue weighted by Crippen LogP contribution is -2.57. The lowest BCUT2D eigenvalue weighted by molar-refractivity contribution is -0.00291. The minimum absolute atomic E-state index is 0.275. The first-order valence-corrected chi connectivity index (χ1v) is 5.95. The van der Waals surface area contributed by atoms with Gasteiger partial charge in [-0.3, -0.25) is 4.79 Å². The van der Waals surface area contributed by atoms with Gasteiger partial charge in [0.15, 0.2) is 0 Å². The normalized spacial score (nSPS) is 12.3. The predicted molar refractivity (Wildman–Crippen MR) is 73.4 cm³/mol. The highest BCUT2D eigenvalue weighted by atomic mass is 16.3. The molecule has 0 spiro atoms. The standard InChI is InChI=1S/C14H22N2O2/c1-9-6-7-11(15)10(8-9)12(17)16-13(2,3)14(4,5)18/h6-8,18H,15H2,1-5H3,(H,16,17). The second-order valence-corrected chi connectivity index (χ2v) is 5.73. The number of aliphatic hydroxyl groups is 1. The first-order chi connectivity index (χ1) is 8.04. The molecule has 1 amide bonds. The molecule has 0 radical (unpaired) electrons. The van der Waals surface area contributed by atoms with Crippen LogP contribution in [0.15, 0.2) is 18.2 Å². The van der Waals surface area contributed by atoms with Gasteiger partial charge in [-0.1, -0.05) is 11.6 Å². The van der Waals surface area contributed by atoms with Crippen LogP contribution in [0.3, 0.4) is 0 Å². The van der Waals surface area contributed by atoms with E-state index in [9.17, 15) is 9.90 Å². The number of rotatable bonds is 3. The maximum atomic E-state index is 12.2. The molecule has 1 aromatic carbocycles. The Kier molecular flexibility index (Phi) is 3.72. The van der Waals surface area contributed by atoms with Crippen molar-refractivity contribution in [1.29, 1.82) is 0 Å². The van der Waals surface area contributed by atoms with Crippen LogP contribution in [-0.4, -0.2) is 22.2 Å². The maximum Gasteiger partial charge on any atom is 0.253 e. The van der Waals surface area contributed by atoms with Crippen molar-refractivity contribution in [2.45, 2.75) is 45.8 Å². The van der Waals surface area contributed by atoms with Gasteiger partial charge < -0.3 is 16.2 Å². The number of nitrogens with one attached hydrogen (secondary N) is 1. The van der Waals surface area contributed by atoms with Crippen molar-refractivity contribution in [3.05, 3.63) is 29.3 Å². The molecule has 4 nitrogen and oxygen atoms in total. The molecular weight excluding hydrogens is 228 g/mol. The Morgan fingerprint density at radius 1 is 1.28 bits per heavy atom. The second-order valence-electron chi connectivity index (χ2n) is 5.73. The fourth-order valence-electron chi connectivity index (χ4n) is 1.37. The number of hydrogen-bond donors (Lipinski definition) is 3. The Morgan fingerprint density at radius 3 is 2.33 bits per heavy atom. The van der Waals surface area contributed by atoms with E-state index >= 15 is 0 Å². The molecule has 0 aliphatic rings. The highest BCUT2D eigenvalue weighted by Gasteiger charge is 2.36. The van der Waals surface area contributed by atoms with E-state index in [-0.39, 0.29) is 5.91 Å². The topological polar surface area (TPSA) is 75.4 Å². The van der Waals surface area contributed by atoms with Crippen molar-refractivity contribution in [3.63, 3.8) is 0 Å². The summed E-state index contributed by atoms with van der Waals surface area (Å²) in [6.07, 6.45) is 0. The lowest BCUT2D eigenvalue weighted by Gasteiger charge is -2.38. The Morgan fingerprint density at radius 2 is 1.83 bits per heavy atom. The number of carbonyl (C=O) groups excluding carboxylic acids is 1. The van der Waals surface area contributed by atoms with Crippen LogP contribution in [0.2, 0.25) is 0 Å². The molecule has 18 heavy (non-hydrogen) atoms. The largest absolute Gasteiger partial charge is 0.398 e. The summed E-state index contributed by atoms with van der Waals surface area (Å²) in [7, 11) is 0. The third-order valence-electron chi connectivity index (χ3n) is 3.41. The predicted octanol–water partition coefficient (Wildman–Crippen LogP) is 1.86. The maximum absolute atomic E-state index is 12.2. The minimum atomic E-state index is -1.03. The zero-order valence-electron chi connectivity index (χ0n) is 11.7. The first kappa shape index (κ1) is 14.5. The Labute approximate surface area is 108 Å². The number of benzene rings is 1. The first-order valence-electron chi connectivity index (χ1n) is 5.95. The molecular formula is C14H22N2O2. The number of nitrogens with two attached hydrogens (primary N) is 1. The molecule has 0 aromatic heterocycles. The van der Waals surface area contributed by atoms with Crippen LogP contribution in [0.5, 0.6) is 0 Å². The second kappa shape index (κ2) is 4.61. The summed E-state index contributed by atoms with van der Waals surface area (Å²) in [5.41, 5.74) is 5.86. The highest BCUT2D eigenvalue weighted by Crippen LogP contribution is 2.22. The number of hydrogen-bond acceptors (Lipinski definition) is 3. The van der Waals surface area contributed by atoms with Gasteiger partial charge in [0.1, 0.15) is 0 Å². The summed E-state index contributed by atoms with van der Waals surface area (Å²) < 4.78 is 0. The Hall–Kier alpha value is -1.55. The molecule has 1 aromatic rings. The van der Waals surface area contributed by atoms with Gasteiger partial charge in [0.25, 0.3) is 5.91 Å². The summed E-state index contributed by atoms with van der Waals surface area (Å²) in [4.78, 5) is 12.2. The van der Waals surface area contributed by atoms with Crippen molar-refractivity contribution in [1.82, 2.24) is 5.32 Å². The van der Waals surface area contributed by atoms with E-state index in [0.29, 0.717) is 11.3 Å². The van der Waals surface area contributed by atoms with Gasteiger partial charge in [0.05, 0.1) is 16.7 Å². The zero-order valence-corrected chi connectivity index (χ0v) is 11.7. The van der Waals surface area contributed by atoms with Crippen molar-refractivity contribution in [3.8, 4) is 0 Å². The number of nitrogen functional groups attached to an aromatic ring is 1. The minimum Gasteiger partial charge on any atom is -0.398 e. The summed E-state index contributed by atoms with van der Waals surface area (Å²) >= 11 is 0. The summed E-state index contributed by atoms with van der Waals surface area (Å²) in [6.45, 7) is 8.77. The fraction of sp³-hybridized carbons (Fsp3) is 0.500. The molecule has 0 aliphatic heterocycles. The average molecular weight is 250 g/mol. The number of anilines is 1. The summed E-state index contributed by atoms with van der Waals surface area (Å²) in [6, 6.07) is 5.31. The molecule has 0 aliphatic carbocycles. The summed E-state index contributed by atoms with van der Waals surface area (Å²) in [5, 5.41) is 12.8. The molecule has 1 rings (SSSR count). The zero-order chi connectivity index (χ0) is 14.1. The van der Waals surface area contributed by atoms with Crippen LogP contribution in [-0.2, 0) is 0 Å². The van der Waals surface area contributed by atoms with E-state index < -0.39 is 11.1 Å². The third-order valence-corrected chi connectivity index (χ3v) is 3.41. The van der Waals surface area contributed by atoms with Gasteiger partial charge in [-0.25, -0.2) is 0 Å². The smallest absolute Gasteiger partial charge is 0.253 e. The van der Waals surface area contributed by atoms with Gasteiger partial charge in [-0.15, -0.1) is 0 Å². The van der Waals surface area contributed by atoms with E-state index in [1.807, 2.05) is 13.0 Å². The average Bonchev–Trinajstić information content (AvgIpc) is 2.19. The monoisotopic (exact) mass is 250 g/mol. The van der Waals surface area contributed by atoms with Crippen LogP contribution in [0, 0.1) is 6.92 Å². The Balaban J connectivity index is 3.00. The van der Waals surface area contributed by atoms with Gasteiger partial charge in [0.2, 0.25) is 0 Å². The van der Waals surface area contributed by atoms with Crippen molar-refractivity contribution >= 4 is 11.6 Å². The SMILES string of the molecule is Cc1ccc(N)c(C(=O)NC(C)(C)C(C)(C)O)c1. The van der Waals surface area contributed by atoms with Gasteiger partial charge >= 0.3 is 0 Å². The molecule has 0 saturated heterocycles. The highest BCUT2D eigenvalue weighted by molar-refractivity contribution is 5.99. The molecule has 0 unspecified atom stereocenters. The van der Waals surface area contributed by atoms with Crippen molar-refractivity contribution < 1.29 is 9.90 Å². The van der Waals surface area contributed by atoms with E-state index in [1.54, 1.807) is 39.8 Å². The van der Waals surface area contributed by atoms with E-state index in [2.05, 4.69) is 5.32 Å². The third kappa shape index (κ3) is 3.01. The molecule has 0 atom stereocenters. The molecule has 0 bridgehead atoms. The van der Waals surface area contributed by atoms with E-state index in [4.69, 9.17) is 5.73 Å². The van der Waals surface area contributed by atoms with Gasteiger partial charge in [0, 0.05) is 5.69 Å². The van der Waals surface area contributed by atoms with Crippen LogP contribution in [0.1, 0.15) is 43.6 Å². The van der Waals surface area contributed by atoms with Crippen LogP contribution in [0.25, 0.3) is 0 Å². The number of amides is 1. The molecule has 0 fully saturated rings. The number of carbonyl (C=O) groups is 1. The van der Waals surface area contributed by atoms with Crippen LogP contribution >= 0.6 is 0 Å². The van der Waals surface area contributed by atoms with Crippen LogP contribution < -0.4 is 11.1 Å². The molecule has 100 valence electrons. The Bertz CT molecular complexity index is 459. The van der Waals surface area contributed by atoms with Gasteiger partial charge in [-0.2, -0.15) is 0 Å². The lowest BCUT2D eigenvalue weighted by atomic mass is 9.85.